The fraction of sp³-hybridized carbons (Fsp3) is 1.00. The Morgan fingerprint density at radius 1 is 1.40 bits per heavy atom. The highest BCUT2D eigenvalue weighted by atomic mass is 14.7. The normalized spacial score (nSPS) is 41.7. The SMILES string of the molecule is CC[C@H]1CC[C@@](C)(N)CC1. The summed E-state index contributed by atoms with van der Waals surface area (Å²) >= 11 is 0. The first-order valence-electron chi connectivity index (χ1n) is 4.43. The Morgan fingerprint density at radius 3 is 2.30 bits per heavy atom. The van der Waals surface area contributed by atoms with Crippen molar-refractivity contribution in [1.82, 2.24) is 0 Å². The van der Waals surface area contributed by atoms with Crippen molar-refractivity contribution in [1.29, 1.82) is 0 Å². The van der Waals surface area contributed by atoms with Crippen LogP contribution in [0.15, 0.2) is 0 Å². The maximum Gasteiger partial charge on any atom is 0.0126 e. The van der Waals surface area contributed by atoms with E-state index in [-0.39, 0.29) is 5.54 Å². The van der Waals surface area contributed by atoms with Crippen LogP contribution in [0.4, 0.5) is 0 Å². The van der Waals surface area contributed by atoms with E-state index in [0.29, 0.717) is 0 Å². The van der Waals surface area contributed by atoms with Crippen LogP contribution in [0.1, 0.15) is 46.0 Å². The highest BCUT2D eigenvalue weighted by Gasteiger charge is 2.25. The lowest BCUT2D eigenvalue weighted by Crippen LogP contribution is -2.39. The fourth-order valence-electron chi connectivity index (χ4n) is 1.75. The molecule has 0 unspecified atom stereocenters. The average Bonchev–Trinajstić information content (AvgIpc) is 1.88. The molecule has 0 heterocycles. The van der Waals surface area contributed by atoms with Crippen LogP contribution in [0, 0.1) is 5.92 Å². The Kier molecular flexibility index (Phi) is 2.35. The van der Waals surface area contributed by atoms with Gasteiger partial charge in [0, 0.05) is 5.54 Å². The van der Waals surface area contributed by atoms with Crippen LogP contribution in [0.5, 0.6) is 0 Å². The standard InChI is InChI=1S/C9H19N/c1-3-8-4-6-9(2,10)7-5-8/h8H,3-7,10H2,1-2H3/t8-,9+. The van der Waals surface area contributed by atoms with E-state index in [1.165, 1.54) is 32.1 Å². The molecule has 0 atom stereocenters. The summed E-state index contributed by atoms with van der Waals surface area (Å²) in [7, 11) is 0. The summed E-state index contributed by atoms with van der Waals surface area (Å²) < 4.78 is 0. The van der Waals surface area contributed by atoms with Gasteiger partial charge in [0.05, 0.1) is 0 Å². The zero-order valence-corrected chi connectivity index (χ0v) is 7.19. The van der Waals surface area contributed by atoms with Gasteiger partial charge >= 0.3 is 0 Å². The second-order valence-electron chi connectivity index (χ2n) is 4.01. The van der Waals surface area contributed by atoms with Crippen molar-refractivity contribution in [2.45, 2.75) is 51.5 Å². The predicted octanol–water partition coefficient (Wildman–Crippen LogP) is 2.30. The minimum atomic E-state index is 0.158. The van der Waals surface area contributed by atoms with E-state index in [4.69, 9.17) is 5.73 Å². The van der Waals surface area contributed by atoms with E-state index in [1.54, 1.807) is 0 Å². The van der Waals surface area contributed by atoms with E-state index in [2.05, 4.69) is 13.8 Å². The monoisotopic (exact) mass is 141 g/mol. The van der Waals surface area contributed by atoms with Gasteiger partial charge in [0.15, 0.2) is 0 Å². The molecule has 1 heteroatoms. The van der Waals surface area contributed by atoms with Crippen LogP contribution in [-0.2, 0) is 0 Å². The zero-order valence-electron chi connectivity index (χ0n) is 7.19. The van der Waals surface area contributed by atoms with Crippen LogP contribution in [-0.4, -0.2) is 5.54 Å². The molecule has 1 saturated carbocycles. The number of nitrogens with two attached hydrogens (primary N) is 1. The van der Waals surface area contributed by atoms with E-state index < -0.39 is 0 Å². The van der Waals surface area contributed by atoms with Crippen LogP contribution >= 0.6 is 0 Å². The molecule has 1 aliphatic rings. The van der Waals surface area contributed by atoms with Crippen molar-refractivity contribution in [2.24, 2.45) is 11.7 Å². The van der Waals surface area contributed by atoms with Gasteiger partial charge in [-0.1, -0.05) is 13.3 Å². The van der Waals surface area contributed by atoms with Crippen molar-refractivity contribution in [3.05, 3.63) is 0 Å². The summed E-state index contributed by atoms with van der Waals surface area (Å²) in [6.45, 7) is 4.46. The maximum absolute atomic E-state index is 5.99. The van der Waals surface area contributed by atoms with Crippen molar-refractivity contribution in [2.75, 3.05) is 0 Å². The molecule has 1 fully saturated rings. The summed E-state index contributed by atoms with van der Waals surface area (Å²) in [6, 6.07) is 0. The molecule has 0 spiro atoms. The smallest absolute Gasteiger partial charge is 0.0126 e. The summed E-state index contributed by atoms with van der Waals surface area (Å²) in [5.74, 6) is 0.969. The minimum Gasteiger partial charge on any atom is -0.325 e. The molecular formula is C9H19N. The van der Waals surface area contributed by atoms with Gasteiger partial charge in [-0.25, -0.2) is 0 Å². The first kappa shape index (κ1) is 8.06. The van der Waals surface area contributed by atoms with Gasteiger partial charge in [0.2, 0.25) is 0 Å². The molecule has 0 amide bonds. The van der Waals surface area contributed by atoms with Gasteiger partial charge in [-0.2, -0.15) is 0 Å². The molecule has 0 radical (unpaired) electrons. The molecule has 1 aliphatic carbocycles. The average molecular weight is 141 g/mol. The molecule has 0 bridgehead atoms. The molecule has 2 N–H and O–H groups in total. The van der Waals surface area contributed by atoms with Crippen LogP contribution < -0.4 is 5.73 Å². The quantitative estimate of drug-likeness (QED) is 0.595. The van der Waals surface area contributed by atoms with Crippen molar-refractivity contribution >= 4 is 0 Å². The number of hydrogen-bond donors (Lipinski definition) is 1. The maximum atomic E-state index is 5.99. The van der Waals surface area contributed by atoms with E-state index in [1.807, 2.05) is 0 Å². The molecule has 10 heavy (non-hydrogen) atoms. The Balaban J connectivity index is 2.31. The number of hydrogen-bond acceptors (Lipinski definition) is 1. The molecule has 0 saturated heterocycles. The van der Waals surface area contributed by atoms with Gasteiger partial charge in [0.1, 0.15) is 0 Å². The highest BCUT2D eigenvalue weighted by Crippen LogP contribution is 2.31. The molecule has 1 rings (SSSR count). The van der Waals surface area contributed by atoms with Gasteiger partial charge in [-0.3, -0.25) is 0 Å². The fourth-order valence-corrected chi connectivity index (χ4v) is 1.75. The molecule has 0 aromatic heterocycles. The van der Waals surface area contributed by atoms with E-state index in [9.17, 15) is 0 Å². The molecule has 1 nitrogen and oxygen atoms in total. The van der Waals surface area contributed by atoms with Crippen LogP contribution in [0.2, 0.25) is 0 Å². The molecular weight excluding hydrogens is 122 g/mol. The van der Waals surface area contributed by atoms with Crippen molar-refractivity contribution in [3.8, 4) is 0 Å². The van der Waals surface area contributed by atoms with Gasteiger partial charge < -0.3 is 5.73 Å². The molecule has 60 valence electrons. The van der Waals surface area contributed by atoms with Crippen molar-refractivity contribution < 1.29 is 0 Å². The Bertz CT molecular complexity index is 97.3. The molecule has 0 aliphatic heterocycles. The van der Waals surface area contributed by atoms with Gasteiger partial charge in [0.25, 0.3) is 0 Å². The lowest BCUT2D eigenvalue weighted by molar-refractivity contribution is 0.246. The van der Waals surface area contributed by atoms with Crippen molar-refractivity contribution in [3.63, 3.8) is 0 Å². The zero-order chi connectivity index (χ0) is 7.61. The topological polar surface area (TPSA) is 26.0 Å². The van der Waals surface area contributed by atoms with Gasteiger partial charge in [-0.15, -0.1) is 0 Å². The molecule has 0 aromatic rings. The summed E-state index contributed by atoms with van der Waals surface area (Å²) in [5, 5.41) is 0. The Morgan fingerprint density at radius 2 is 1.90 bits per heavy atom. The van der Waals surface area contributed by atoms with Crippen LogP contribution in [0.3, 0.4) is 0 Å². The summed E-state index contributed by atoms with van der Waals surface area (Å²) in [6.07, 6.45) is 6.50. The third-order valence-corrected chi connectivity index (χ3v) is 2.82. The third-order valence-electron chi connectivity index (χ3n) is 2.82. The first-order valence-corrected chi connectivity index (χ1v) is 4.43. The van der Waals surface area contributed by atoms with Gasteiger partial charge in [-0.05, 0) is 38.5 Å². The summed E-state index contributed by atoms with van der Waals surface area (Å²) in [4.78, 5) is 0. The lowest BCUT2D eigenvalue weighted by Gasteiger charge is -2.33. The number of rotatable bonds is 1. The van der Waals surface area contributed by atoms with E-state index >= 15 is 0 Å². The van der Waals surface area contributed by atoms with Crippen LogP contribution in [0.25, 0.3) is 0 Å². The predicted molar refractivity (Wildman–Crippen MR) is 44.8 cm³/mol. The first-order chi connectivity index (χ1) is 4.64. The highest BCUT2D eigenvalue weighted by molar-refractivity contribution is 4.84. The Hall–Kier alpha value is -0.0400. The molecule has 0 aromatic carbocycles. The third kappa shape index (κ3) is 1.98. The Labute approximate surface area is 64.0 Å². The van der Waals surface area contributed by atoms with E-state index in [0.717, 1.165) is 5.92 Å². The summed E-state index contributed by atoms with van der Waals surface area (Å²) in [5.41, 5.74) is 6.15. The minimum absolute atomic E-state index is 0.158. The largest absolute Gasteiger partial charge is 0.325 e. The second kappa shape index (κ2) is 2.91. The lowest BCUT2D eigenvalue weighted by atomic mass is 9.77. The second-order valence-corrected chi connectivity index (χ2v) is 4.01.